The van der Waals surface area contributed by atoms with Crippen molar-refractivity contribution in [2.45, 2.75) is 6.54 Å². The molecule has 5 nitrogen and oxygen atoms in total. The average Bonchev–Trinajstić information content (AvgIpc) is 3.54. The van der Waals surface area contributed by atoms with Gasteiger partial charge in [-0.3, -0.25) is 0 Å². The molecule has 0 spiro atoms. The molecule has 9 rings (SSSR count). The Bertz CT molecular complexity index is 2820. The first kappa shape index (κ1) is 29.7. The van der Waals surface area contributed by atoms with Crippen molar-refractivity contribution in [3.05, 3.63) is 174 Å². The summed E-state index contributed by atoms with van der Waals surface area (Å²) in [5.41, 5.74) is 14.1. The average molecular weight is 650 g/mol. The molecule has 0 unspecified atom stereocenters. The van der Waals surface area contributed by atoms with Gasteiger partial charge in [-0.05, 0) is 88.5 Å². The van der Waals surface area contributed by atoms with Gasteiger partial charge in [-0.25, -0.2) is 0 Å². The van der Waals surface area contributed by atoms with Crippen LogP contribution < -0.4 is 4.90 Å². The minimum atomic E-state index is 0.555. The molecule has 8 aromatic rings. The number of aromatic nitrogens is 1. The molecule has 7 aromatic carbocycles. The second-order valence-electron chi connectivity index (χ2n) is 12.7. The summed E-state index contributed by atoms with van der Waals surface area (Å²) in [7, 11) is 0. The molecule has 0 atom stereocenters. The number of anilines is 2. The summed E-state index contributed by atoms with van der Waals surface area (Å²) in [6.45, 7) is 0.712. The highest BCUT2D eigenvalue weighted by atomic mass is 15.1. The van der Waals surface area contributed by atoms with Crippen LogP contribution in [0.5, 0.6) is 0 Å². The summed E-state index contributed by atoms with van der Waals surface area (Å²) in [5, 5.41) is 31.8. The maximum atomic E-state index is 10.4. The second kappa shape index (κ2) is 11.9. The molecule has 1 aliphatic rings. The Morgan fingerprint density at radius 2 is 1.20 bits per heavy atom. The maximum Gasteiger partial charge on any atom is 0.101 e. The largest absolute Gasteiger partial charge is 0.336 e. The standard InChI is InChI=1S/C46H27N5/c47-26-30-18-19-36-29-50(42-15-3-1-12-39(42)41(36)24-30)37-22-20-31(21-23-37)32-8-5-9-33(25-32)38-14-6-11-35(28-49)46(38)51-43-16-4-2-13-40(43)45-34(27-48)10-7-17-44(45)51/h1-25H,29H2. The lowest BCUT2D eigenvalue weighted by Gasteiger charge is -2.33. The molecule has 2 heterocycles. The van der Waals surface area contributed by atoms with Crippen LogP contribution in [0.15, 0.2) is 152 Å². The van der Waals surface area contributed by atoms with Gasteiger partial charge < -0.3 is 9.47 Å². The van der Waals surface area contributed by atoms with E-state index >= 15 is 0 Å². The zero-order chi connectivity index (χ0) is 34.5. The van der Waals surface area contributed by atoms with Crippen LogP contribution in [0, 0.1) is 34.0 Å². The van der Waals surface area contributed by atoms with Gasteiger partial charge in [-0.1, -0.05) is 91.0 Å². The number of nitrogens with zero attached hydrogens (tertiary/aromatic N) is 5. The van der Waals surface area contributed by atoms with E-state index in [1.54, 1.807) is 0 Å². The van der Waals surface area contributed by atoms with Crippen molar-refractivity contribution < 1.29 is 0 Å². The van der Waals surface area contributed by atoms with Gasteiger partial charge in [-0.15, -0.1) is 0 Å². The molecule has 0 bridgehead atoms. The fourth-order valence-electron chi connectivity index (χ4n) is 7.62. The smallest absolute Gasteiger partial charge is 0.101 e. The first-order valence-corrected chi connectivity index (χ1v) is 16.7. The van der Waals surface area contributed by atoms with E-state index in [1.165, 1.54) is 5.56 Å². The van der Waals surface area contributed by atoms with E-state index in [-0.39, 0.29) is 0 Å². The topological polar surface area (TPSA) is 79.5 Å². The molecule has 1 aromatic heterocycles. The summed E-state index contributed by atoms with van der Waals surface area (Å²) in [5.74, 6) is 0. The van der Waals surface area contributed by atoms with E-state index in [2.05, 4.69) is 113 Å². The van der Waals surface area contributed by atoms with E-state index in [0.717, 1.165) is 72.2 Å². The third kappa shape index (κ3) is 4.75. The Labute approximate surface area is 295 Å². The molecular weight excluding hydrogens is 623 g/mol. The molecule has 0 aliphatic carbocycles. The fraction of sp³-hybridized carbons (Fsp3) is 0.0217. The molecule has 0 radical (unpaired) electrons. The number of hydrogen-bond acceptors (Lipinski definition) is 4. The van der Waals surface area contributed by atoms with Crippen molar-refractivity contribution in [2.24, 2.45) is 0 Å². The summed E-state index contributed by atoms with van der Waals surface area (Å²) >= 11 is 0. The first-order chi connectivity index (χ1) is 25.2. The van der Waals surface area contributed by atoms with Gasteiger partial charge in [0.15, 0.2) is 0 Å². The van der Waals surface area contributed by atoms with Crippen LogP contribution in [0.2, 0.25) is 0 Å². The van der Waals surface area contributed by atoms with Crippen molar-refractivity contribution in [2.75, 3.05) is 4.90 Å². The SMILES string of the molecule is N#Cc1ccc2c(c1)-c1ccccc1N(c1ccc(-c3cccc(-c4cccc(C#N)c4-n4c5ccccc5c5c(C#N)cccc54)c3)cc1)C2. The molecule has 0 N–H and O–H groups in total. The first-order valence-electron chi connectivity index (χ1n) is 16.7. The van der Waals surface area contributed by atoms with Gasteiger partial charge >= 0.3 is 0 Å². The van der Waals surface area contributed by atoms with Gasteiger partial charge in [-0.2, -0.15) is 15.8 Å². The Kier molecular flexibility index (Phi) is 6.96. The lowest BCUT2D eigenvalue weighted by Crippen LogP contribution is -2.21. The Morgan fingerprint density at radius 3 is 2.04 bits per heavy atom. The summed E-state index contributed by atoms with van der Waals surface area (Å²) in [6.07, 6.45) is 0. The number of para-hydroxylation sites is 3. The normalized spacial score (nSPS) is 11.7. The summed E-state index contributed by atoms with van der Waals surface area (Å²) < 4.78 is 2.14. The van der Waals surface area contributed by atoms with Crippen LogP contribution in [0.25, 0.3) is 60.9 Å². The summed E-state index contributed by atoms with van der Waals surface area (Å²) in [6, 6.07) is 58.2. The molecule has 0 fully saturated rings. The second-order valence-corrected chi connectivity index (χ2v) is 12.7. The van der Waals surface area contributed by atoms with Gasteiger partial charge in [0.2, 0.25) is 0 Å². The van der Waals surface area contributed by atoms with Crippen LogP contribution in [0.3, 0.4) is 0 Å². The Balaban J connectivity index is 1.13. The monoisotopic (exact) mass is 649 g/mol. The Morgan fingerprint density at radius 1 is 0.490 bits per heavy atom. The third-order valence-corrected chi connectivity index (χ3v) is 9.94. The zero-order valence-electron chi connectivity index (χ0n) is 27.4. The quantitative estimate of drug-likeness (QED) is 0.190. The van der Waals surface area contributed by atoms with Gasteiger partial charge in [0, 0.05) is 39.8 Å². The zero-order valence-corrected chi connectivity index (χ0v) is 27.4. The van der Waals surface area contributed by atoms with Crippen LogP contribution in [-0.2, 0) is 6.54 Å². The van der Waals surface area contributed by atoms with Crippen molar-refractivity contribution in [1.82, 2.24) is 4.57 Å². The third-order valence-electron chi connectivity index (χ3n) is 9.94. The van der Waals surface area contributed by atoms with Crippen molar-refractivity contribution in [1.29, 1.82) is 15.8 Å². The number of benzene rings is 7. The minimum absolute atomic E-state index is 0.555. The van der Waals surface area contributed by atoms with Crippen LogP contribution in [-0.4, -0.2) is 4.57 Å². The van der Waals surface area contributed by atoms with Gasteiger partial charge in [0.05, 0.1) is 45.5 Å². The Hall–Kier alpha value is -7.39. The number of nitriles is 3. The summed E-state index contributed by atoms with van der Waals surface area (Å²) in [4.78, 5) is 2.33. The number of fused-ring (bicyclic) bond motifs is 6. The van der Waals surface area contributed by atoms with Gasteiger partial charge in [0.25, 0.3) is 0 Å². The molecule has 51 heavy (non-hydrogen) atoms. The predicted molar refractivity (Wildman–Crippen MR) is 204 cm³/mol. The van der Waals surface area contributed by atoms with E-state index in [1.807, 2.05) is 66.7 Å². The molecule has 0 saturated carbocycles. The van der Waals surface area contributed by atoms with Crippen molar-refractivity contribution in [3.63, 3.8) is 0 Å². The molecule has 1 aliphatic heterocycles. The van der Waals surface area contributed by atoms with Crippen LogP contribution in [0.4, 0.5) is 11.4 Å². The van der Waals surface area contributed by atoms with Crippen molar-refractivity contribution in [3.8, 4) is 57.3 Å². The highest BCUT2D eigenvalue weighted by molar-refractivity contribution is 6.12. The fourth-order valence-corrected chi connectivity index (χ4v) is 7.62. The van der Waals surface area contributed by atoms with Crippen LogP contribution >= 0.6 is 0 Å². The highest BCUT2D eigenvalue weighted by Crippen LogP contribution is 2.44. The minimum Gasteiger partial charge on any atom is -0.336 e. The maximum absolute atomic E-state index is 10.4. The molecule has 5 heteroatoms. The lowest BCUT2D eigenvalue weighted by atomic mass is 9.91. The van der Waals surface area contributed by atoms with E-state index in [0.29, 0.717) is 23.2 Å². The predicted octanol–water partition coefficient (Wildman–Crippen LogP) is 11.1. The molecular formula is C46H27N5. The van der Waals surface area contributed by atoms with Crippen LogP contribution in [0.1, 0.15) is 22.3 Å². The van der Waals surface area contributed by atoms with E-state index in [9.17, 15) is 15.8 Å². The van der Waals surface area contributed by atoms with Crippen molar-refractivity contribution >= 4 is 33.2 Å². The molecule has 0 amide bonds. The molecule has 236 valence electrons. The highest BCUT2D eigenvalue weighted by Gasteiger charge is 2.24. The van der Waals surface area contributed by atoms with Gasteiger partial charge in [0.1, 0.15) is 6.07 Å². The van der Waals surface area contributed by atoms with E-state index < -0.39 is 0 Å². The lowest BCUT2D eigenvalue weighted by molar-refractivity contribution is 0.961. The number of hydrogen-bond donors (Lipinski definition) is 0. The van der Waals surface area contributed by atoms with E-state index in [4.69, 9.17) is 0 Å². The molecule has 0 saturated heterocycles. The number of rotatable bonds is 4.